The van der Waals surface area contributed by atoms with Crippen LogP contribution in [0.1, 0.15) is 17.5 Å². The highest BCUT2D eigenvalue weighted by molar-refractivity contribution is 5.58. The molecule has 0 unspecified atom stereocenters. The predicted molar refractivity (Wildman–Crippen MR) is 60.8 cm³/mol. The van der Waals surface area contributed by atoms with Crippen LogP contribution in [-0.2, 0) is 12.8 Å². The van der Waals surface area contributed by atoms with Gasteiger partial charge >= 0.3 is 0 Å². The van der Waals surface area contributed by atoms with E-state index in [1.807, 2.05) is 0 Å². The molecular weight excluding hydrogens is 172 g/mol. The summed E-state index contributed by atoms with van der Waals surface area (Å²) in [7, 11) is 2.17. The molecule has 0 amide bonds. The molecule has 2 heteroatoms. The molecule has 1 aromatic carbocycles. The van der Waals surface area contributed by atoms with E-state index in [1.165, 1.54) is 36.2 Å². The monoisotopic (exact) mass is 190 g/mol. The van der Waals surface area contributed by atoms with E-state index in [0.717, 1.165) is 13.0 Å². The van der Waals surface area contributed by atoms with E-state index >= 15 is 0 Å². The molecule has 0 bridgehead atoms. The van der Waals surface area contributed by atoms with Gasteiger partial charge in [0.25, 0.3) is 0 Å². The minimum Gasteiger partial charge on any atom is -0.374 e. The molecule has 1 heterocycles. The van der Waals surface area contributed by atoms with Crippen LogP contribution in [0, 0.1) is 0 Å². The van der Waals surface area contributed by atoms with E-state index in [-0.39, 0.29) is 0 Å². The van der Waals surface area contributed by atoms with Crippen molar-refractivity contribution in [3.05, 3.63) is 29.3 Å². The van der Waals surface area contributed by atoms with Gasteiger partial charge in [0, 0.05) is 19.3 Å². The van der Waals surface area contributed by atoms with Crippen LogP contribution in [0.25, 0.3) is 0 Å². The topological polar surface area (TPSA) is 29.3 Å². The number of hydrogen-bond acceptors (Lipinski definition) is 2. The molecule has 0 saturated heterocycles. The molecule has 1 aromatic rings. The first-order valence-electron chi connectivity index (χ1n) is 5.35. The second-order valence-corrected chi connectivity index (χ2v) is 3.98. The molecule has 14 heavy (non-hydrogen) atoms. The van der Waals surface area contributed by atoms with Crippen molar-refractivity contribution in [2.75, 3.05) is 25.0 Å². The highest BCUT2D eigenvalue weighted by atomic mass is 15.1. The zero-order chi connectivity index (χ0) is 9.97. The zero-order valence-corrected chi connectivity index (χ0v) is 8.79. The Bertz CT molecular complexity index is 320. The third-order valence-corrected chi connectivity index (χ3v) is 2.99. The van der Waals surface area contributed by atoms with Crippen LogP contribution in [0.4, 0.5) is 5.69 Å². The Morgan fingerprint density at radius 3 is 3.07 bits per heavy atom. The first-order chi connectivity index (χ1) is 6.83. The third kappa shape index (κ3) is 1.62. The van der Waals surface area contributed by atoms with Crippen molar-refractivity contribution in [1.29, 1.82) is 0 Å². The van der Waals surface area contributed by atoms with Gasteiger partial charge in [-0.1, -0.05) is 12.1 Å². The fourth-order valence-corrected chi connectivity index (χ4v) is 2.27. The van der Waals surface area contributed by atoms with Crippen molar-refractivity contribution in [3.63, 3.8) is 0 Å². The minimum absolute atomic E-state index is 0.750. The molecule has 0 spiro atoms. The Morgan fingerprint density at radius 2 is 2.29 bits per heavy atom. The van der Waals surface area contributed by atoms with Gasteiger partial charge in [-0.15, -0.1) is 0 Å². The van der Waals surface area contributed by atoms with Gasteiger partial charge < -0.3 is 10.6 Å². The molecule has 76 valence electrons. The summed E-state index contributed by atoms with van der Waals surface area (Å²) in [5.41, 5.74) is 9.98. The van der Waals surface area contributed by atoms with Crippen LogP contribution in [0.2, 0.25) is 0 Å². The summed E-state index contributed by atoms with van der Waals surface area (Å²) in [4.78, 5) is 2.35. The van der Waals surface area contributed by atoms with Gasteiger partial charge in [0.2, 0.25) is 0 Å². The van der Waals surface area contributed by atoms with Gasteiger partial charge in [-0.25, -0.2) is 0 Å². The molecule has 0 atom stereocenters. The van der Waals surface area contributed by atoms with Gasteiger partial charge in [-0.3, -0.25) is 0 Å². The average Bonchev–Trinajstić information content (AvgIpc) is 2.20. The van der Waals surface area contributed by atoms with Crippen LogP contribution in [0.15, 0.2) is 18.2 Å². The maximum absolute atomic E-state index is 5.61. The van der Waals surface area contributed by atoms with Crippen LogP contribution in [0.5, 0.6) is 0 Å². The fraction of sp³-hybridized carbons (Fsp3) is 0.500. The van der Waals surface area contributed by atoms with Crippen molar-refractivity contribution >= 4 is 5.69 Å². The average molecular weight is 190 g/mol. The Morgan fingerprint density at radius 1 is 1.43 bits per heavy atom. The molecule has 2 N–H and O–H groups in total. The number of hydrogen-bond donors (Lipinski definition) is 1. The maximum Gasteiger partial charge on any atom is 0.0398 e. The zero-order valence-electron chi connectivity index (χ0n) is 8.79. The Balaban J connectivity index is 2.39. The molecule has 0 aromatic heterocycles. The van der Waals surface area contributed by atoms with Gasteiger partial charge in [0.1, 0.15) is 0 Å². The van der Waals surface area contributed by atoms with Crippen molar-refractivity contribution in [3.8, 4) is 0 Å². The summed E-state index contributed by atoms with van der Waals surface area (Å²) in [6, 6.07) is 6.57. The van der Waals surface area contributed by atoms with Gasteiger partial charge in [0.15, 0.2) is 0 Å². The van der Waals surface area contributed by atoms with Gasteiger partial charge in [-0.2, -0.15) is 0 Å². The summed E-state index contributed by atoms with van der Waals surface area (Å²) in [6.45, 7) is 1.93. The highest BCUT2D eigenvalue weighted by Crippen LogP contribution is 2.28. The van der Waals surface area contributed by atoms with E-state index in [9.17, 15) is 0 Å². The standard InChI is InChI=1S/C12H18N2/c1-14-9-3-5-11-10(7-8-13)4-2-6-12(11)14/h2,4,6H,3,5,7-9,13H2,1H3. The Hall–Kier alpha value is -1.02. The SMILES string of the molecule is CN1CCCc2c(CCN)cccc21. The fourth-order valence-electron chi connectivity index (χ4n) is 2.27. The summed E-state index contributed by atoms with van der Waals surface area (Å²) in [5.74, 6) is 0. The number of fused-ring (bicyclic) bond motifs is 1. The van der Waals surface area contributed by atoms with Crippen LogP contribution < -0.4 is 10.6 Å². The first-order valence-corrected chi connectivity index (χ1v) is 5.35. The van der Waals surface area contributed by atoms with Crippen molar-refractivity contribution in [2.45, 2.75) is 19.3 Å². The van der Waals surface area contributed by atoms with E-state index in [2.05, 4.69) is 30.1 Å². The first kappa shape index (κ1) is 9.53. The molecule has 0 fully saturated rings. The number of nitrogens with two attached hydrogens (primary N) is 1. The van der Waals surface area contributed by atoms with Crippen molar-refractivity contribution in [1.82, 2.24) is 0 Å². The maximum atomic E-state index is 5.61. The Labute approximate surface area is 85.7 Å². The lowest BCUT2D eigenvalue weighted by Gasteiger charge is -2.29. The summed E-state index contributed by atoms with van der Waals surface area (Å²) < 4.78 is 0. The summed E-state index contributed by atoms with van der Waals surface area (Å²) in [6.07, 6.45) is 3.50. The molecule has 2 rings (SSSR count). The lowest BCUT2D eigenvalue weighted by molar-refractivity contribution is 0.734. The van der Waals surface area contributed by atoms with E-state index < -0.39 is 0 Å². The lowest BCUT2D eigenvalue weighted by Crippen LogP contribution is -2.25. The lowest BCUT2D eigenvalue weighted by atomic mass is 9.95. The summed E-state index contributed by atoms with van der Waals surface area (Å²) >= 11 is 0. The van der Waals surface area contributed by atoms with Gasteiger partial charge in [-0.05, 0) is 43.0 Å². The normalized spacial score (nSPS) is 15.4. The minimum atomic E-state index is 0.750. The molecule has 1 aliphatic rings. The molecule has 0 aliphatic carbocycles. The van der Waals surface area contributed by atoms with E-state index in [4.69, 9.17) is 5.73 Å². The van der Waals surface area contributed by atoms with Gasteiger partial charge in [0.05, 0.1) is 0 Å². The predicted octanol–water partition coefficient (Wildman–Crippen LogP) is 1.57. The van der Waals surface area contributed by atoms with Crippen molar-refractivity contribution < 1.29 is 0 Å². The summed E-state index contributed by atoms with van der Waals surface area (Å²) in [5, 5.41) is 0. The second kappa shape index (κ2) is 4.01. The third-order valence-electron chi connectivity index (χ3n) is 2.99. The van der Waals surface area contributed by atoms with Crippen LogP contribution >= 0.6 is 0 Å². The van der Waals surface area contributed by atoms with Crippen LogP contribution in [-0.4, -0.2) is 20.1 Å². The number of nitrogens with zero attached hydrogens (tertiary/aromatic N) is 1. The smallest absolute Gasteiger partial charge is 0.0398 e. The Kier molecular flexibility index (Phi) is 2.73. The number of anilines is 1. The van der Waals surface area contributed by atoms with E-state index in [1.54, 1.807) is 0 Å². The number of rotatable bonds is 2. The highest BCUT2D eigenvalue weighted by Gasteiger charge is 2.15. The van der Waals surface area contributed by atoms with Crippen LogP contribution in [0.3, 0.4) is 0 Å². The largest absolute Gasteiger partial charge is 0.374 e. The quantitative estimate of drug-likeness (QED) is 0.767. The molecular formula is C12H18N2. The second-order valence-electron chi connectivity index (χ2n) is 3.98. The molecule has 2 nitrogen and oxygen atoms in total. The van der Waals surface area contributed by atoms with Crippen molar-refractivity contribution in [2.24, 2.45) is 5.73 Å². The molecule has 0 saturated carbocycles. The van der Waals surface area contributed by atoms with E-state index in [0.29, 0.717) is 0 Å². The number of benzene rings is 1. The molecule has 1 aliphatic heterocycles. The molecule has 0 radical (unpaired) electrons.